The van der Waals surface area contributed by atoms with Crippen LogP contribution in [0, 0.1) is 9.39 Å². The van der Waals surface area contributed by atoms with Gasteiger partial charge in [-0.05, 0) is 58.8 Å². The number of hydrogen-bond acceptors (Lipinski definition) is 3. The van der Waals surface area contributed by atoms with Gasteiger partial charge in [-0.1, -0.05) is 24.3 Å². The monoisotopic (exact) mass is 425 g/mol. The molecular weight excluding hydrogens is 408 g/mol. The van der Waals surface area contributed by atoms with Crippen LogP contribution in [0.1, 0.15) is 18.1 Å². The van der Waals surface area contributed by atoms with E-state index in [9.17, 15) is 9.18 Å². The highest BCUT2D eigenvalue weighted by molar-refractivity contribution is 14.1. The van der Waals surface area contributed by atoms with Gasteiger partial charge < -0.3 is 10.1 Å². The maximum atomic E-state index is 13.3. The van der Waals surface area contributed by atoms with Gasteiger partial charge >= 0.3 is 5.97 Å². The Labute approximate surface area is 148 Å². The summed E-state index contributed by atoms with van der Waals surface area (Å²) in [5.74, 6) is -0.540. The molecule has 3 rings (SSSR count). The van der Waals surface area contributed by atoms with Crippen LogP contribution in [0.2, 0.25) is 0 Å². The summed E-state index contributed by atoms with van der Waals surface area (Å²) < 4.78 is 19.5. The quantitative estimate of drug-likeness (QED) is 0.596. The lowest BCUT2D eigenvalue weighted by molar-refractivity contribution is -0.148. The number of nitrogens with one attached hydrogen (secondary N) is 1. The van der Waals surface area contributed by atoms with Crippen LogP contribution in [0.4, 0.5) is 10.1 Å². The fourth-order valence-electron chi connectivity index (χ4n) is 2.98. The molecule has 0 aliphatic carbocycles. The zero-order valence-electron chi connectivity index (χ0n) is 12.7. The van der Waals surface area contributed by atoms with E-state index in [1.165, 1.54) is 12.1 Å². The molecule has 0 unspecified atom stereocenters. The average Bonchev–Trinajstić information content (AvgIpc) is 2.90. The minimum atomic E-state index is -0.836. The Morgan fingerprint density at radius 3 is 2.83 bits per heavy atom. The first kappa shape index (κ1) is 16.2. The Hall–Kier alpha value is -1.63. The van der Waals surface area contributed by atoms with Crippen molar-refractivity contribution < 1.29 is 13.9 Å². The molecule has 0 saturated carbocycles. The van der Waals surface area contributed by atoms with E-state index >= 15 is 0 Å². The summed E-state index contributed by atoms with van der Waals surface area (Å²) in [5, 5.41) is 3.35. The molecule has 3 nitrogen and oxygen atoms in total. The molecule has 1 aliphatic heterocycles. The van der Waals surface area contributed by atoms with E-state index in [-0.39, 0.29) is 11.8 Å². The van der Waals surface area contributed by atoms with Gasteiger partial charge in [0.15, 0.2) is 0 Å². The Morgan fingerprint density at radius 1 is 1.35 bits per heavy atom. The zero-order valence-corrected chi connectivity index (χ0v) is 14.9. The molecule has 1 N–H and O–H groups in total. The van der Waals surface area contributed by atoms with Crippen molar-refractivity contribution in [2.24, 2.45) is 0 Å². The molecule has 1 aliphatic rings. The highest BCUT2D eigenvalue weighted by atomic mass is 127. The fourth-order valence-corrected chi connectivity index (χ4v) is 3.65. The van der Waals surface area contributed by atoms with E-state index in [2.05, 4.69) is 27.9 Å². The predicted octanol–water partition coefficient (Wildman–Crippen LogP) is 3.94. The third-order valence-corrected chi connectivity index (χ3v) is 5.06. The summed E-state index contributed by atoms with van der Waals surface area (Å²) in [5.41, 5.74) is 2.15. The van der Waals surface area contributed by atoms with E-state index in [0.717, 1.165) is 20.4 Å². The molecule has 0 radical (unpaired) electrons. The van der Waals surface area contributed by atoms with Crippen molar-refractivity contribution in [3.63, 3.8) is 0 Å². The summed E-state index contributed by atoms with van der Waals surface area (Å²) in [7, 11) is 0. The number of carbonyl (C=O) groups is 1. The van der Waals surface area contributed by atoms with Crippen LogP contribution in [0.25, 0.3) is 0 Å². The molecule has 0 amide bonds. The van der Waals surface area contributed by atoms with Crippen LogP contribution < -0.4 is 5.32 Å². The minimum Gasteiger partial charge on any atom is -0.464 e. The van der Waals surface area contributed by atoms with Crippen LogP contribution in [0.5, 0.6) is 0 Å². The molecule has 0 aromatic heterocycles. The lowest BCUT2D eigenvalue weighted by atomic mass is 9.88. The van der Waals surface area contributed by atoms with Crippen molar-refractivity contribution in [3.05, 3.63) is 63.0 Å². The van der Waals surface area contributed by atoms with Crippen molar-refractivity contribution in [3.8, 4) is 0 Å². The topological polar surface area (TPSA) is 38.3 Å². The van der Waals surface area contributed by atoms with Gasteiger partial charge in [0, 0.05) is 22.1 Å². The van der Waals surface area contributed by atoms with Crippen LogP contribution in [-0.2, 0) is 22.4 Å². The molecule has 0 spiro atoms. The number of rotatable bonds is 4. The molecule has 2 aromatic carbocycles. The van der Waals surface area contributed by atoms with Gasteiger partial charge in [0.2, 0.25) is 0 Å². The Kier molecular flexibility index (Phi) is 4.57. The number of carbonyl (C=O) groups excluding carboxylic acids is 1. The number of para-hydroxylation sites is 1. The number of anilines is 1. The van der Waals surface area contributed by atoms with E-state index in [4.69, 9.17) is 4.74 Å². The van der Waals surface area contributed by atoms with Gasteiger partial charge in [-0.3, -0.25) is 0 Å². The molecule has 1 atom stereocenters. The summed E-state index contributed by atoms with van der Waals surface area (Å²) >= 11 is 2.10. The molecule has 0 fully saturated rings. The standard InChI is InChI=1S/C18H17FINO2/c1-2-23-17(22)18(10-12-7-8-14(19)9-15(12)20)11-13-5-3-4-6-16(13)21-18/h3-9,21H,2,10-11H2,1H3/t18-/m1/s1. The molecular formula is C18H17FINO2. The minimum absolute atomic E-state index is 0.267. The number of hydrogen-bond donors (Lipinski definition) is 1. The number of esters is 1. The van der Waals surface area contributed by atoms with E-state index in [0.29, 0.717) is 19.4 Å². The average molecular weight is 425 g/mol. The molecule has 2 aromatic rings. The molecule has 5 heteroatoms. The lowest BCUT2D eigenvalue weighted by Gasteiger charge is -2.28. The summed E-state index contributed by atoms with van der Waals surface area (Å²) in [6, 6.07) is 12.5. The molecule has 120 valence electrons. The van der Waals surface area contributed by atoms with E-state index in [1.807, 2.05) is 24.3 Å². The third kappa shape index (κ3) is 3.20. The number of halogens is 2. The summed E-state index contributed by atoms with van der Waals surface area (Å²) in [6.45, 7) is 2.13. The van der Waals surface area contributed by atoms with Gasteiger partial charge in [0.05, 0.1) is 6.61 Å². The second-order valence-electron chi connectivity index (χ2n) is 5.67. The Morgan fingerprint density at radius 2 is 2.13 bits per heavy atom. The van der Waals surface area contributed by atoms with Gasteiger partial charge in [0.1, 0.15) is 11.4 Å². The SMILES string of the molecule is CCOC(=O)[C@@]1(Cc2ccc(F)cc2I)Cc2ccccc2N1. The van der Waals surface area contributed by atoms with Crippen LogP contribution >= 0.6 is 22.6 Å². The number of benzene rings is 2. The molecule has 23 heavy (non-hydrogen) atoms. The first-order valence-electron chi connectivity index (χ1n) is 7.51. The molecule has 0 saturated heterocycles. The predicted molar refractivity (Wildman–Crippen MR) is 96.0 cm³/mol. The van der Waals surface area contributed by atoms with Crippen LogP contribution in [0.15, 0.2) is 42.5 Å². The largest absolute Gasteiger partial charge is 0.464 e. The first-order valence-corrected chi connectivity index (χ1v) is 8.59. The smallest absolute Gasteiger partial charge is 0.332 e. The van der Waals surface area contributed by atoms with Crippen molar-refractivity contribution >= 4 is 34.2 Å². The lowest BCUT2D eigenvalue weighted by Crippen LogP contribution is -2.48. The normalized spacial score (nSPS) is 19.1. The Bertz CT molecular complexity index is 723. The number of ether oxygens (including phenoxy) is 1. The maximum absolute atomic E-state index is 13.3. The fraction of sp³-hybridized carbons (Fsp3) is 0.278. The molecule has 1 heterocycles. The van der Waals surface area contributed by atoms with Gasteiger partial charge in [0.25, 0.3) is 0 Å². The van der Waals surface area contributed by atoms with Crippen LogP contribution in [-0.4, -0.2) is 18.1 Å². The second-order valence-corrected chi connectivity index (χ2v) is 6.84. The van der Waals surface area contributed by atoms with Crippen molar-refractivity contribution in [1.29, 1.82) is 0 Å². The van der Waals surface area contributed by atoms with E-state index < -0.39 is 5.54 Å². The summed E-state index contributed by atoms with van der Waals surface area (Å²) in [4.78, 5) is 12.7. The van der Waals surface area contributed by atoms with Gasteiger partial charge in [-0.25, -0.2) is 9.18 Å². The molecule has 0 bridgehead atoms. The van der Waals surface area contributed by atoms with Crippen LogP contribution in [0.3, 0.4) is 0 Å². The van der Waals surface area contributed by atoms with E-state index in [1.54, 1.807) is 13.0 Å². The highest BCUT2D eigenvalue weighted by Gasteiger charge is 2.45. The second kappa shape index (κ2) is 6.47. The van der Waals surface area contributed by atoms with Gasteiger partial charge in [-0.2, -0.15) is 0 Å². The zero-order chi connectivity index (χ0) is 16.4. The van der Waals surface area contributed by atoms with Gasteiger partial charge in [-0.15, -0.1) is 0 Å². The highest BCUT2D eigenvalue weighted by Crippen LogP contribution is 2.36. The maximum Gasteiger partial charge on any atom is 0.332 e. The third-order valence-electron chi connectivity index (χ3n) is 4.06. The van der Waals surface area contributed by atoms with Crippen molar-refractivity contribution in [1.82, 2.24) is 0 Å². The first-order chi connectivity index (χ1) is 11.0. The number of fused-ring (bicyclic) bond motifs is 1. The van der Waals surface area contributed by atoms with Crippen molar-refractivity contribution in [2.75, 3.05) is 11.9 Å². The summed E-state index contributed by atoms with van der Waals surface area (Å²) in [6.07, 6.45) is 1.02. The van der Waals surface area contributed by atoms with Crippen molar-refractivity contribution in [2.45, 2.75) is 25.3 Å². The Balaban J connectivity index is 1.96.